The first kappa shape index (κ1) is 13.4. The predicted molar refractivity (Wildman–Crippen MR) is 75.3 cm³/mol. The van der Waals surface area contributed by atoms with Gasteiger partial charge in [0.15, 0.2) is 5.58 Å². The third-order valence-electron chi connectivity index (χ3n) is 2.91. The van der Waals surface area contributed by atoms with Gasteiger partial charge in [0, 0.05) is 18.3 Å². The molecule has 0 spiro atoms. The van der Waals surface area contributed by atoms with Crippen molar-refractivity contribution in [3.8, 4) is 23.1 Å². The van der Waals surface area contributed by atoms with Crippen molar-refractivity contribution < 1.29 is 18.3 Å². The summed E-state index contributed by atoms with van der Waals surface area (Å²) in [6.45, 7) is -0.550. The Bertz CT molecular complexity index is 740. The molecule has 0 saturated carbocycles. The number of alkyl halides is 1. The van der Waals surface area contributed by atoms with Crippen molar-refractivity contribution in [1.82, 2.24) is 9.97 Å². The number of oxazole rings is 1. The molecule has 0 N–H and O–H groups in total. The highest BCUT2D eigenvalue weighted by molar-refractivity contribution is 5.77. The van der Waals surface area contributed by atoms with E-state index >= 15 is 0 Å². The highest BCUT2D eigenvalue weighted by Gasteiger charge is 2.09. The van der Waals surface area contributed by atoms with Gasteiger partial charge < -0.3 is 13.9 Å². The molecule has 3 aromatic rings. The maximum Gasteiger partial charge on any atom is 0.228 e. The van der Waals surface area contributed by atoms with Crippen molar-refractivity contribution in [3.05, 3.63) is 36.5 Å². The summed E-state index contributed by atoms with van der Waals surface area (Å²) in [5, 5.41) is 0. The standard InChI is InChI=1S/C15H13FN2O3/c1-19-11-3-4-12-13(8-11)21-15(18-12)10-2-5-14(17-9-10)20-7-6-16/h2-5,8-9H,6-7H2,1H3. The first-order valence-corrected chi connectivity index (χ1v) is 6.40. The monoisotopic (exact) mass is 288 g/mol. The third kappa shape index (κ3) is 2.79. The summed E-state index contributed by atoms with van der Waals surface area (Å²) in [7, 11) is 1.60. The molecule has 5 nitrogen and oxygen atoms in total. The molecule has 0 aliphatic carbocycles. The summed E-state index contributed by atoms with van der Waals surface area (Å²) < 4.78 is 27.9. The van der Waals surface area contributed by atoms with E-state index in [4.69, 9.17) is 13.9 Å². The lowest BCUT2D eigenvalue weighted by Gasteiger charge is -2.01. The molecule has 3 rings (SSSR count). The van der Waals surface area contributed by atoms with Gasteiger partial charge in [-0.25, -0.2) is 14.4 Å². The first-order chi connectivity index (χ1) is 10.3. The molecule has 21 heavy (non-hydrogen) atoms. The Labute approximate surface area is 120 Å². The minimum atomic E-state index is -0.545. The maximum absolute atomic E-state index is 12.0. The van der Waals surface area contributed by atoms with E-state index in [1.807, 2.05) is 12.1 Å². The average Bonchev–Trinajstić information content (AvgIpc) is 2.96. The zero-order valence-corrected chi connectivity index (χ0v) is 11.4. The van der Waals surface area contributed by atoms with Crippen LogP contribution < -0.4 is 9.47 Å². The Morgan fingerprint density at radius 1 is 1.24 bits per heavy atom. The van der Waals surface area contributed by atoms with E-state index < -0.39 is 6.67 Å². The number of halogens is 1. The van der Waals surface area contributed by atoms with Crippen molar-refractivity contribution in [3.63, 3.8) is 0 Å². The number of hydrogen-bond acceptors (Lipinski definition) is 5. The molecule has 6 heteroatoms. The number of nitrogens with zero attached hydrogens (tertiary/aromatic N) is 2. The summed E-state index contributed by atoms with van der Waals surface area (Å²) in [6.07, 6.45) is 1.58. The van der Waals surface area contributed by atoms with Crippen LogP contribution in [0.1, 0.15) is 0 Å². The van der Waals surface area contributed by atoms with Gasteiger partial charge in [0.2, 0.25) is 11.8 Å². The molecular weight excluding hydrogens is 275 g/mol. The number of hydrogen-bond donors (Lipinski definition) is 0. The van der Waals surface area contributed by atoms with Crippen LogP contribution in [0.5, 0.6) is 11.6 Å². The Balaban J connectivity index is 1.89. The van der Waals surface area contributed by atoms with E-state index in [-0.39, 0.29) is 6.61 Å². The molecule has 2 aromatic heterocycles. The fraction of sp³-hybridized carbons (Fsp3) is 0.200. The van der Waals surface area contributed by atoms with Crippen molar-refractivity contribution in [1.29, 1.82) is 0 Å². The molecule has 0 atom stereocenters. The van der Waals surface area contributed by atoms with Crippen LogP contribution in [0, 0.1) is 0 Å². The van der Waals surface area contributed by atoms with E-state index in [9.17, 15) is 4.39 Å². The van der Waals surface area contributed by atoms with Crippen molar-refractivity contribution >= 4 is 11.1 Å². The molecular formula is C15H13FN2O3. The van der Waals surface area contributed by atoms with Gasteiger partial charge in [-0.2, -0.15) is 0 Å². The van der Waals surface area contributed by atoms with Gasteiger partial charge in [0.05, 0.1) is 12.7 Å². The number of methoxy groups -OCH3 is 1. The topological polar surface area (TPSA) is 57.4 Å². The summed E-state index contributed by atoms with van der Waals surface area (Å²) in [4.78, 5) is 8.47. The van der Waals surface area contributed by atoms with Crippen LogP contribution in [0.15, 0.2) is 40.9 Å². The molecule has 0 aliphatic rings. The molecule has 0 radical (unpaired) electrons. The van der Waals surface area contributed by atoms with Crippen molar-refractivity contribution in [2.24, 2.45) is 0 Å². The second kappa shape index (κ2) is 5.78. The molecule has 0 bridgehead atoms. The largest absolute Gasteiger partial charge is 0.497 e. The van der Waals surface area contributed by atoms with Crippen molar-refractivity contribution in [2.75, 3.05) is 20.4 Å². The molecule has 2 heterocycles. The predicted octanol–water partition coefficient (Wildman–Crippen LogP) is 3.25. The summed E-state index contributed by atoms with van der Waals surface area (Å²) in [5.74, 6) is 1.54. The molecule has 0 fully saturated rings. The molecule has 0 aliphatic heterocycles. The van der Waals surface area contributed by atoms with Gasteiger partial charge in [-0.3, -0.25) is 0 Å². The smallest absolute Gasteiger partial charge is 0.228 e. The normalized spacial score (nSPS) is 10.8. The molecule has 108 valence electrons. The number of aromatic nitrogens is 2. The minimum absolute atomic E-state index is 0.00493. The van der Waals surface area contributed by atoms with Gasteiger partial charge in [-0.05, 0) is 18.2 Å². The van der Waals surface area contributed by atoms with Crippen molar-refractivity contribution in [2.45, 2.75) is 0 Å². The van der Waals surface area contributed by atoms with Crippen LogP contribution in [0.4, 0.5) is 4.39 Å². The van der Waals surface area contributed by atoms with Crippen LogP contribution in [0.25, 0.3) is 22.6 Å². The average molecular weight is 288 g/mol. The van der Waals surface area contributed by atoms with E-state index in [0.717, 1.165) is 11.1 Å². The molecule has 0 amide bonds. The van der Waals surface area contributed by atoms with Crippen LogP contribution >= 0.6 is 0 Å². The van der Waals surface area contributed by atoms with Gasteiger partial charge in [-0.15, -0.1) is 0 Å². The van der Waals surface area contributed by atoms with E-state index in [0.29, 0.717) is 23.1 Å². The quantitative estimate of drug-likeness (QED) is 0.721. The Morgan fingerprint density at radius 3 is 2.86 bits per heavy atom. The number of ether oxygens (including phenoxy) is 2. The number of rotatable bonds is 5. The fourth-order valence-electron chi connectivity index (χ4n) is 1.89. The Hall–Kier alpha value is -2.63. The van der Waals surface area contributed by atoms with Crippen LogP contribution in [0.2, 0.25) is 0 Å². The Morgan fingerprint density at radius 2 is 2.14 bits per heavy atom. The van der Waals surface area contributed by atoms with E-state index in [1.54, 1.807) is 31.5 Å². The summed E-state index contributed by atoms with van der Waals surface area (Å²) >= 11 is 0. The number of benzene rings is 1. The van der Waals surface area contributed by atoms with Crippen LogP contribution in [-0.2, 0) is 0 Å². The van der Waals surface area contributed by atoms with E-state index in [1.165, 1.54) is 0 Å². The number of fused-ring (bicyclic) bond motifs is 1. The van der Waals surface area contributed by atoms with Crippen LogP contribution in [-0.4, -0.2) is 30.4 Å². The zero-order chi connectivity index (χ0) is 14.7. The first-order valence-electron chi connectivity index (χ1n) is 6.40. The SMILES string of the molecule is COc1ccc2nc(-c3ccc(OCCF)nc3)oc2c1. The minimum Gasteiger partial charge on any atom is -0.497 e. The third-order valence-corrected chi connectivity index (χ3v) is 2.91. The lowest BCUT2D eigenvalue weighted by atomic mass is 10.3. The zero-order valence-electron chi connectivity index (χ0n) is 11.4. The second-order valence-corrected chi connectivity index (χ2v) is 4.28. The highest BCUT2D eigenvalue weighted by atomic mass is 19.1. The number of pyridine rings is 1. The fourth-order valence-corrected chi connectivity index (χ4v) is 1.89. The van der Waals surface area contributed by atoms with Gasteiger partial charge >= 0.3 is 0 Å². The van der Waals surface area contributed by atoms with Crippen LogP contribution in [0.3, 0.4) is 0 Å². The molecule has 0 unspecified atom stereocenters. The van der Waals surface area contributed by atoms with Gasteiger partial charge in [0.1, 0.15) is 24.5 Å². The van der Waals surface area contributed by atoms with Gasteiger partial charge in [0.25, 0.3) is 0 Å². The highest BCUT2D eigenvalue weighted by Crippen LogP contribution is 2.27. The van der Waals surface area contributed by atoms with E-state index in [2.05, 4.69) is 9.97 Å². The molecule has 1 aromatic carbocycles. The molecule has 0 saturated heterocycles. The summed E-state index contributed by atoms with van der Waals surface area (Å²) in [5.41, 5.74) is 2.10. The Kier molecular flexibility index (Phi) is 3.68. The second-order valence-electron chi connectivity index (χ2n) is 4.28. The van der Waals surface area contributed by atoms with Gasteiger partial charge in [-0.1, -0.05) is 0 Å². The lowest BCUT2D eigenvalue weighted by Crippen LogP contribution is -1.99. The lowest BCUT2D eigenvalue weighted by molar-refractivity contribution is 0.264. The summed E-state index contributed by atoms with van der Waals surface area (Å²) in [6, 6.07) is 8.84. The maximum atomic E-state index is 12.0.